The lowest BCUT2D eigenvalue weighted by Gasteiger charge is -2.30. The monoisotopic (exact) mass is 470 g/mol. The number of phenols is 1. The second-order valence-corrected chi connectivity index (χ2v) is 11.5. The summed E-state index contributed by atoms with van der Waals surface area (Å²) in [5, 5.41) is 11.6. The molecule has 1 N–H and O–H groups in total. The maximum atomic E-state index is 12.5. The van der Waals surface area contributed by atoms with Gasteiger partial charge in [0.25, 0.3) is 0 Å². The van der Waals surface area contributed by atoms with Gasteiger partial charge in [0.2, 0.25) is 0 Å². The van der Waals surface area contributed by atoms with Crippen molar-refractivity contribution in [3.63, 3.8) is 0 Å². The second-order valence-electron chi connectivity index (χ2n) is 11.5. The van der Waals surface area contributed by atoms with Crippen LogP contribution in [0.2, 0.25) is 0 Å². The maximum Gasteiger partial charge on any atom is 0.335 e. The van der Waals surface area contributed by atoms with Crippen molar-refractivity contribution in [1.29, 1.82) is 0 Å². The van der Waals surface area contributed by atoms with Gasteiger partial charge in [0, 0.05) is 28.7 Å². The van der Waals surface area contributed by atoms with Crippen molar-refractivity contribution in [3.8, 4) is 11.5 Å². The molecule has 0 heterocycles. The van der Waals surface area contributed by atoms with Gasteiger partial charge in [-0.1, -0.05) is 114 Å². The van der Waals surface area contributed by atoms with Gasteiger partial charge in [-0.15, -0.1) is 0 Å². The minimum Gasteiger partial charge on any atom is -0.507 e. The van der Waals surface area contributed by atoms with Crippen molar-refractivity contribution < 1.29 is 14.6 Å². The Morgan fingerprint density at radius 1 is 0.857 bits per heavy atom. The van der Waals surface area contributed by atoms with Crippen molar-refractivity contribution >= 4 is 5.97 Å². The molecule has 0 aliphatic heterocycles. The molecule has 3 aromatic carbocycles. The number of carbonyl (C=O) groups excluding carboxylic acids is 1. The normalized spacial score (nSPS) is 12.8. The second kappa shape index (κ2) is 9.73. The molecule has 0 aromatic heterocycles. The lowest BCUT2D eigenvalue weighted by Crippen LogP contribution is -2.19. The maximum absolute atomic E-state index is 12.5. The van der Waals surface area contributed by atoms with Crippen molar-refractivity contribution in [2.75, 3.05) is 0 Å². The van der Waals surface area contributed by atoms with Gasteiger partial charge < -0.3 is 9.84 Å². The molecule has 35 heavy (non-hydrogen) atoms. The Bertz CT molecular complexity index is 1240. The summed E-state index contributed by atoms with van der Waals surface area (Å²) < 4.78 is 5.96. The Balaban J connectivity index is 2.47. The first-order chi connectivity index (χ1) is 16.2. The number of aryl methyl sites for hydroxylation is 2. The minimum atomic E-state index is -0.503. The van der Waals surface area contributed by atoms with Crippen LogP contribution in [0.3, 0.4) is 0 Å². The molecule has 3 nitrogen and oxygen atoms in total. The third-order valence-corrected chi connectivity index (χ3v) is 6.29. The third kappa shape index (κ3) is 5.67. The van der Waals surface area contributed by atoms with E-state index in [9.17, 15) is 9.90 Å². The van der Waals surface area contributed by atoms with E-state index >= 15 is 0 Å². The Labute approximate surface area is 210 Å². The molecule has 0 radical (unpaired) electrons. The van der Waals surface area contributed by atoms with Gasteiger partial charge in [0.15, 0.2) is 0 Å². The quantitative estimate of drug-likeness (QED) is 0.179. The molecule has 0 bridgehead atoms. The van der Waals surface area contributed by atoms with Crippen molar-refractivity contribution in [2.24, 2.45) is 0 Å². The van der Waals surface area contributed by atoms with E-state index in [-0.39, 0.29) is 22.5 Å². The molecule has 1 unspecified atom stereocenters. The number of esters is 1. The fourth-order valence-electron chi connectivity index (χ4n) is 4.60. The van der Waals surface area contributed by atoms with Crippen LogP contribution in [0.25, 0.3) is 0 Å². The molecule has 0 saturated carbocycles. The van der Waals surface area contributed by atoms with E-state index in [1.807, 2.05) is 24.3 Å². The number of hydrogen-bond acceptors (Lipinski definition) is 3. The van der Waals surface area contributed by atoms with Crippen LogP contribution in [0, 0.1) is 13.8 Å². The lowest BCUT2D eigenvalue weighted by atomic mass is 9.76. The van der Waals surface area contributed by atoms with Crippen LogP contribution in [0.5, 0.6) is 11.5 Å². The van der Waals surface area contributed by atoms with Crippen LogP contribution in [0.4, 0.5) is 0 Å². The van der Waals surface area contributed by atoms with Crippen molar-refractivity contribution in [2.45, 2.75) is 72.1 Å². The topological polar surface area (TPSA) is 46.5 Å². The first-order valence-electron chi connectivity index (χ1n) is 12.1. The molecule has 0 amide bonds. The summed E-state index contributed by atoms with van der Waals surface area (Å²) in [7, 11) is 0. The number of phenolic OH excluding ortho intramolecular Hbond substituents is 1. The van der Waals surface area contributed by atoms with E-state index in [0.717, 1.165) is 38.9 Å². The number of benzene rings is 3. The Hall–Kier alpha value is -3.33. The molecule has 0 saturated heterocycles. The summed E-state index contributed by atoms with van der Waals surface area (Å²) >= 11 is 0. The first kappa shape index (κ1) is 26.3. The molecule has 184 valence electrons. The molecular formula is C32H38O3. The van der Waals surface area contributed by atoms with Gasteiger partial charge in [-0.3, -0.25) is 0 Å². The molecule has 0 fully saturated rings. The predicted octanol–water partition coefficient (Wildman–Crippen LogP) is 7.88. The van der Waals surface area contributed by atoms with Crippen LogP contribution < -0.4 is 4.74 Å². The summed E-state index contributed by atoms with van der Waals surface area (Å²) in [6.07, 6.45) is 1.19. The van der Waals surface area contributed by atoms with E-state index < -0.39 is 5.97 Å². The largest absolute Gasteiger partial charge is 0.507 e. The fourth-order valence-corrected chi connectivity index (χ4v) is 4.60. The summed E-state index contributed by atoms with van der Waals surface area (Å²) in [4.78, 5) is 12.5. The fraction of sp³-hybridized carbons (Fsp3) is 0.344. The molecular weight excluding hydrogens is 432 g/mol. The van der Waals surface area contributed by atoms with E-state index in [1.54, 1.807) is 0 Å². The number of hydrogen-bond donors (Lipinski definition) is 1. The van der Waals surface area contributed by atoms with Gasteiger partial charge in [-0.05, 0) is 35.8 Å². The summed E-state index contributed by atoms with van der Waals surface area (Å²) in [5.41, 5.74) is 6.09. The highest BCUT2D eigenvalue weighted by atomic mass is 16.5. The smallest absolute Gasteiger partial charge is 0.335 e. The highest BCUT2D eigenvalue weighted by Crippen LogP contribution is 2.47. The molecule has 0 aliphatic rings. The van der Waals surface area contributed by atoms with E-state index in [1.165, 1.54) is 6.08 Å². The van der Waals surface area contributed by atoms with Crippen LogP contribution in [0.1, 0.15) is 86.4 Å². The minimum absolute atomic E-state index is 0.243. The average molecular weight is 471 g/mol. The Morgan fingerprint density at radius 3 is 1.89 bits per heavy atom. The molecule has 3 aromatic rings. The van der Waals surface area contributed by atoms with E-state index in [4.69, 9.17) is 4.74 Å². The highest BCUT2D eigenvalue weighted by Gasteiger charge is 2.32. The molecule has 0 aliphatic carbocycles. The predicted molar refractivity (Wildman–Crippen MR) is 145 cm³/mol. The standard InChI is InChI=1S/C32H38O3/c1-10-27(33)35-30-24(17-21(3)19-26(30)32(7,8)9)28(22-14-12-11-13-15-22)23-16-20(2)18-25(29(23)34)31(4,5)6/h10-19,28,34H,1H2,2-9H3. The van der Waals surface area contributed by atoms with Gasteiger partial charge in [-0.2, -0.15) is 0 Å². The van der Waals surface area contributed by atoms with Crippen LogP contribution in [0.15, 0.2) is 67.3 Å². The molecule has 1 atom stereocenters. The van der Waals surface area contributed by atoms with Gasteiger partial charge in [-0.25, -0.2) is 4.79 Å². The molecule has 3 heteroatoms. The number of ether oxygens (including phenoxy) is 1. The zero-order valence-electron chi connectivity index (χ0n) is 22.3. The third-order valence-electron chi connectivity index (χ3n) is 6.29. The Kier molecular flexibility index (Phi) is 7.31. The van der Waals surface area contributed by atoms with Crippen LogP contribution in [-0.2, 0) is 15.6 Å². The van der Waals surface area contributed by atoms with Gasteiger partial charge in [0.1, 0.15) is 11.5 Å². The van der Waals surface area contributed by atoms with E-state index in [2.05, 4.69) is 92.3 Å². The van der Waals surface area contributed by atoms with Crippen LogP contribution in [-0.4, -0.2) is 11.1 Å². The van der Waals surface area contributed by atoms with Crippen molar-refractivity contribution in [3.05, 3.63) is 106 Å². The van der Waals surface area contributed by atoms with Crippen LogP contribution >= 0.6 is 0 Å². The lowest BCUT2D eigenvalue weighted by molar-refractivity contribution is -0.129. The average Bonchev–Trinajstić information content (AvgIpc) is 2.76. The SMILES string of the molecule is C=CC(=O)Oc1c(C(c2ccccc2)c2cc(C)cc(C(C)(C)C)c2O)cc(C)cc1C(C)(C)C. The summed E-state index contributed by atoms with van der Waals surface area (Å²) in [5.74, 6) is -0.0427. The molecule has 3 rings (SSSR count). The van der Waals surface area contributed by atoms with Crippen molar-refractivity contribution in [1.82, 2.24) is 0 Å². The highest BCUT2D eigenvalue weighted by molar-refractivity contribution is 5.84. The number of rotatable bonds is 5. The summed E-state index contributed by atoms with van der Waals surface area (Å²) in [6.45, 7) is 20.3. The van der Waals surface area contributed by atoms with Gasteiger partial charge in [0.05, 0.1) is 0 Å². The summed E-state index contributed by atoms with van der Waals surface area (Å²) in [6, 6.07) is 18.3. The molecule has 0 spiro atoms. The first-order valence-corrected chi connectivity index (χ1v) is 12.1. The Morgan fingerprint density at radius 2 is 1.37 bits per heavy atom. The zero-order valence-corrected chi connectivity index (χ0v) is 22.3. The zero-order chi connectivity index (χ0) is 26.1. The van der Waals surface area contributed by atoms with Gasteiger partial charge >= 0.3 is 5.97 Å². The number of aromatic hydroxyl groups is 1. The number of carbonyl (C=O) groups is 1. The van der Waals surface area contributed by atoms with E-state index in [0.29, 0.717) is 5.75 Å².